The molecule has 0 amide bonds. The van der Waals surface area contributed by atoms with E-state index in [1.54, 1.807) is 17.0 Å². The fourth-order valence-corrected chi connectivity index (χ4v) is 1.90. The molecule has 0 aromatic carbocycles. The van der Waals surface area contributed by atoms with Crippen molar-refractivity contribution in [3.63, 3.8) is 0 Å². The molecule has 0 unspecified atom stereocenters. The van der Waals surface area contributed by atoms with Gasteiger partial charge in [-0.1, -0.05) is 0 Å². The van der Waals surface area contributed by atoms with Crippen molar-refractivity contribution in [2.75, 3.05) is 18.0 Å². The van der Waals surface area contributed by atoms with E-state index in [9.17, 15) is 14.3 Å². The van der Waals surface area contributed by atoms with Crippen molar-refractivity contribution >= 4 is 22.8 Å². The van der Waals surface area contributed by atoms with E-state index in [0.717, 1.165) is 0 Å². The number of hydrogen-bond acceptors (Lipinski definition) is 5. The third kappa shape index (κ3) is 1.75. The van der Waals surface area contributed by atoms with E-state index in [-0.39, 0.29) is 5.56 Å². The van der Waals surface area contributed by atoms with Gasteiger partial charge in [-0.15, -0.1) is 0 Å². The molecule has 0 radical (unpaired) electrons. The molecular weight excluding hydrogens is 237 g/mol. The molecule has 18 heavy (non-hydrogen) atoms. The number of aromatic nitrogens is 2. The Kier molecular flexibility index (Phi) is 2.36. The lowest BCUT2D eigenvalue weighted by Gasteiger charge is -2.35. The summed E-state index contributed by atoms with van der Waals surface area (Å²) in [5, 5.41) is 11.3. The number of carbonyl (C=O) groups excluding carboxylic acids is 1. The summed E-state index contributed by atoms with van der Waals surface area (Å²) < 4.78 is 12.8. The van der Waals surface area contributed by atoms with Crippen LogP contribution in [0.2, 0.25) is 0 Å². The van der Waals surface area contributed by atoms with E-state index in [2.05, 4.69) is 9.97 Å². The topological polar surface area (TPSA) is 69.1 Å². The summed E-state index contributed by atoms with van der Waals surface area (Å²) in [6, 6.07) is 4.92. The second-order valence-corrected chi connectivity index (χ2v) is 4.23. The number of aromatic carboxylic acids is 1. The highest BCUT2D eigenvalue weighted by molar-refractivity contribution is 5.90. The Labute approximate surface area is 102 Å². The van der Waals surface area contributed by atoms with Gasteiger partial charge in [-0.2, -0.15) is 0 Å². The van der Waals surface area contributed by atoms with Crippen molar-refractivity contribution in [3.8, 4) is 0 Å². The molecule has 2 aromatic heterocycles. The van der Waals surface area contributed by atoms with Crippen LogP contribution in [0.15, 0.2) is 24.4 Å². The number of alkyl halides is 1. The van der Waals surface area contributed by atoms with E-state index < -0.39 is 12.1 Å². The highest BCUT2D eigenvalue weighted by Crippen LogP contribution is 2.22. The number of rotatable bonds is 2. The molecule has 1 aliphatic heterocycles. The van der Waals surface area contributed by atoms with Crippen molar-refractivity contribution in [2.24, 2.45) is 0 Å². The number of fused-ring (bicyclic) bond motifs is 1. The first-order valence-corrected chi connectivity index (χ1v) is 5.50. The summed E-state index contributed by atoms with van der Waals surface area (Å²) in [6.07, 6.45) is 0.415. The minimum absolute atomic E-state index is 0.0184. The monoisotopic (exact) mass is 246 g/mol. The fraction of sp³-hybridized carbons (Fsp3) is 0.250. The van der Waals surface area contributed by atoms with Crippen LogP contribution in [0.3, 0.4) is 0 Å². The molecule has 1 aliphatic rings. The zero-order valence-electron chi connectivity index (χ0n) is 9.34. The van der Waals surface area contributed by atoms with E-state index in [4.69, 9.17) is 0 Å². The summed E-state index contributed by atoms with van der Waals surface area (Å²) in [6.45, 7) is 0.686. The first-order valence-electron chi connectivity index (χ1n) is 5.50. The van der Waals surface area contributed by atoms with Crippen molar-refractivity contribution in [1.82, 2.24) is 9.97 Å². The number of halogens is 1. The molecule has 0 spiro atoms. The zero-order chi connectivity index (χ0) is 12.7. The Morgan fingerprint density at radius 3 is 2.89 bits per heavy atom. The first-order chi connectivity index (χ1) is 8.63. The summed E-state index contributed by atoms with van der Waals surface area (Å²) in [4.78, 5) is 20.7. The number of carbonyl (C=O) groups is 1. The zero-order valence-corrected chi connectivity index (χ0v) is 9.34. The van der Waals surface area contributed by atoms with Gasteiger partial charge in [0.05, 0.1) is 19.1 Å². The number of nitrogens with zero attached hydrogens (tertiary/aromatic N) is 3. The lowest BCUT2D eigenvalue weighted by molar-refractivity contribution is -0.255. The highest BCUT2D eigenvalue weighted by Gasteiger charge is 2.27. The van der Waals surface area contributed by atoms with Gasteiger partial charge in [-0.05, 0) is 18.2 Å². The van der Waals surface area contributed by atoms with Gasteiger partial charge in [0, 0.05) is 17.1 Å². The standard InChI is InChI=1S/C12H10FN3O2/c13-9-5-16(6-9)10-2-1-7-3-8(12(17)18)4-14-11(7)15-10/h1-4,9H,5-6H2,(H,17,18)/p-1. The van der Waals surface area contributed by atoms with Crippen molar-refractivity contribution in [3.05, 3.63) is 30.0 Å². The molecule has 0 aliphatic carbocycles. The number of carboxylic acid groups (broad SMARTS) is 1. The van der Waals surface area contributed by atoms with Gasteiger partial charge in [0.25, 0.3) is 0 Å². The van der Waals surface area contributed by atoms with Crippen LogP contribution in [0.4, 0.5) is 10.2 Å². The Hall–Kier alpha value is -2.24. The predicted octanol–water partition coefficient (Wildman–Crippen LogP) is 0.151. The molecule has 0 saturated carbocycles. The van der Waals surface area contributed by atoms with Crippen LogP contribution in [0.1, 0.15) is 10.4 Å². The molecule has 0 atom stereocenters. The van der Waals surface area contributed by atoms with Crippen LogP contribution in [-0.2, 0) is 0 Å². The third-order valence-corrected chi connectivity index (χ3v) is 2.92. The Bertz CT molecular complexity index is 626. The molecule has 1 fully saturated rings. The van der Waals surface area contributed by atoms with Gasteiger partial charge in [-0.3, -0.25) is 0 Å². The van der Waals surface area contributed by atoms with E-state index >= 15 is 0 Å². The molecule has 3 rings (SSSR count). The predicted molar refractivity (Wildman–Crippen MR) is 61.0 cm³/mol. The molecule has 92 valence electrons. The maximum absolute atomic E-state index is 12.8. The molecule has 5 nitrogen and oxygen atoms in total. The highest BCUT2D eigenvalue weighted by atomic mass is 19.1. The first kappa shape index (κ1) is 10.9. The van der Waals surface area contributed by atoms with Crippen molar-refractivity contribution in [1.29, 1.82) is 0 Å². The average molecular weight is 246 g/mol. The van der Waals surface area contributed by atoms with Gasteiger partial charge < -0.3 is 14.8 Å². The summed E-state index contributed by atoms with van der Waals surface area (Å²) in [7, 11) is 0. The fourth-order valence-electron chi connectivity index (χ4n) is 1.90. The average Bonchev–Trinajstić information content (AvgIpc) is 2.33. The Balaban J connectivity index is 1.98. The number of anilines is 1. The number of hydrogen-bond donors (Lipinski definition) is 0. The molecule has 0 N–H and O–H groups in total. The summed E-state index contributed by atoms with van der Waals surface area (Å²) >= 11 is 0. The van der Waals surface area contributed by atoms with Gasteiger partial charge in [0.15, 0.2) is 5.65 Å². The van der Waals surface area contributed by atoms with Crippen LogP contribution in [0, 0.1) is 0 Å². The lowest BCUT2D eigenvalue weighted by atomic mass is 10.1. The Morgan fingerprint density at radius 2 is 2.22 bits per heavy atom. The maximum atomic E-state index is 12.8. The SMILES string of the molecule is O=C([O-])c1cnc2nc(N3CC(F)C3)ccc2c1. The van der Waals surface area contributed by atoms with E-state index in [1.807, 2.05) is 0 Å². The second-order valence-electron chi connectivity index (χ2n) is 4.23. The summed E-state index contributed by atoms with van der Waals surface area (Å²) in [5.41, 5.74) is 0.463. The molecule has 3 heterocycles. The van der Waals surface area contributed by atoms with Gasteiger partial charge in [0.2, 0.25) is 0 Å². The minimum atomic E-state index is -1.27. The molecule has 6 heteroatoms. The van der Waals surface area contributed by atoms with Crippen molar-refractivity contribution in [2.45, 2.75) is 6.17 Å². The quantitative estimate of drug-likeness (QED) is 0.754. The minimum Gasteiger partial charge on any atom is -0.545 e. The second kappa shape index (κ2) is 3.90. The van der Waals surface area contributed by atoms with Crippen LogP contribution in [0.25, 0.3) is 11.0 Å². The normalized spacial score (nSPS) is 15.7. The van der Waals surface area contributed by atoms with E-state index in [1.165, 1.54) is 12.3 Å². The number of pyridine rings is 2. The smallest absolute Gasteiger partial charge is 0.161 e. The van der Waals surface area contributed by atoms with Gasteiger partial charge in [-0.25, -0.2) is 14.4 Å². The third-order valence-electron chi connectivity index (χ3n) is 2.92. The Morgan fingerprint density at radius 1 is 1.44 bits per heavy atom. The van der Waals surface area contributed by atoms with Crippen LogP contribution < -0.4 is 10.0 Å². The van der Waals surface area contributed by atoms with Crippen LogP contribution in [0.5, 0.6) is 0 Å². The molecule has 1 saturated heterocycles. The van der Waals surface area contributed by atoms with Crippen molar-refractivity contribution < 1.29 is 14.3 Å². The van der Waals surface area contributed by atoms with Crippen LogP contribution in [-0.4, -0.2) is 35.2 Å². The maximum Gasteiger partial charge on any atom is 0.161 e. The molecule has 2 aromatic rings. The van der Waals surface area contributed by atoms with E-state index in [0.29, 0.717) is 29.9 Å². The lowest BCUT2D eigenvalue weighted by Crippen LogP contribution is -2.48. The molecular formula is C12H9FN3O2-. The largest absolute Gasteiger partial charge is 0.545 e. The van der Waals surface area contributed by atoms with Gasteiger partial charge >= 0.3 is 0 Å². The molecule has 0 bridgehead atoms. The van der Waals surface area contributed by atoms with Gasteiger partial charge in [0.1, 0.15) is 12.0 Å². The van der Waals surface area contributed by atoms with Crippen LogP contribution >= 0.6 is 0 Å². The number of carboxylic acids is 1. The summed E-state index contributed by atoms with van der Waals surface area (Å²) in [5.74, 6) is -0.610.